The molecule has 1 aromatic heterocycles. The van der Waals surface area contributed by atoms with Gasteiger partial charge in [0, 0.05) is 16.8 Å². The smallest absolute Gasteiger partial charge is 0.337 e. The Morgan fingerprint density at radius 3 is 2.48 bits per heavy atom. The molecule has 0 spiro atoms. The molecule has 2 heterocycles. The second kappa shape index (κ2) is 13.8. The molecular weight excluding hydrogens is 604 g/mol. The van der Waals surface area contributed by atoms with Crippen LogP contribution in [-0.4, -0.2) is 38.0 Å². The largest absolute Gasteiger partial charge is 0.493 e. The summed E-state index contributed by atoms with van der Waals surface area (Å²) in [7, 11) is 2.85. The average Bonchev–Trinajstić information content (AvgIpc) is 3.35. The van der Waals surface area contributed by atoms with Crippen LogP contribution in [0.3, 0.4) is 0 Å². The van der Waals surface area contributed by atoms with Crippen LogP contribution in [0.4, 0.5) is 0 Å². The molecule has 0 unspecified atom stereocenters. The quantitative estimate of drug-likeness (QED) is 0.213. The summed E-state index contributed by atoms with van der Waals surface area (Å²) in [4.78, 5) is 31.9. The highest BCUT2D eigenvalue weighted by Gasteiger charge is 2.31. The number of hydrogen-bond donors (Lipinski definition) is 0. The molecule has 0 amide bonds. The number of esters is 1. The minimum absolute atomic E-state index is 0.213. The lowest BCUT2D eigenvalue weighted by molar-refractivity contribution is -0.136. The number of carbonyl (C=O) groups is 1. The second-order valence-electron chi connectivity index (χ2n) is 9.55. The zero-order chi connectivity index (χ0) is 31.2. The van der Waals surface area contributed by atoms with Crippen LogP contribution in [-0.2, 0) is 16.1 Å². The Labute approximate surface area is 263 Å². The van der Waals surface area contributed by atoms with Crippen LogP contribution in [0, 0.1) is 0 Å². The summed E-state index contributed by atoms with van der Waals surface area (Å²) in [6.07, 6.45) is 3.19. The summed E-state index contributed by atoms with van der Waals surface area (Å²) in [6, 6.07) is 17.4. The fraction of sp³-hybridized carbons (Fsp3) is 0.242. The van der Waals surface area contributed by atoms with Gasteiger partial charge in [-0.1, -0.05) is 53.3 Å². The maximum absolute atomic E-state index is 14.1. The van der Waals surface area contributed by atoms with Crippen molar-refractivity contribution in [2.45, 2.75) is 26.5 Å². The van der Waals surface area contributed by atoms with Gasteiger partial charge in [-0.3, -0.25) is 9.36 Å². The summed E-state index contributed by atoms with van der Waals surface area (Å²) in [5.74, 6) is 1.47. The first-order valence-electron chi connectivity index (χ1n) is 13.9. The van der Waals surface area contributed by atoms with E-state index in [1.807, 2.05) is 44.2 Å². The molecule has 1 aliphatic rings. The van der Waals surface area contributed by atoms with E-state index in [0.29, 0.717) is 61.7 Å². The predicted octanol–water partition coefficient (Wildman–Crippen LogP) is 5.06. The molecule has 9 nitrogen and oxygen atoms in total. The van der Waals surface area contributed by atoms with Crippen LogP contribution in [0.5, 0.6) is 23.0 Å². The van der Waals surface area contributed by atoms with Crippen LogP contribution >= 0.6 is 22.9 Å². The predicted molar refractivity (Wildman–Crippen MR) is 169 cm³/mol. The molecule has 3 aromatic carbocycles. The van der Waals surface area contributed by atoms with E-state index >= 15 is 0 Å². The van der Waals surface area contributed by atoms with Gasteiger partial charge in [0.25, 0.3) is 5.56 Å². The Morgan fingerprint density at radius 2 is 1.75 bits per heavy atom. The summed E-state index contributed by atoms with van der Waals surface area (Å²) in [5, 5.41) is 0.606. The summed E-state index contributed by atoms with van der Waals surface area (Å²) >= 11 is 7.36. The number of nitrogens with zero attached hydrogens (tertiary/aromatic N) is 2. The standard InChI is InChI=1S/C33H31ClN2O7S/c1-5-41-25-14-13-21(16-27(25)42-6-2)29-24(32(38)40-4)18-35-33-36(29)31(37)28(44-33)17-22-10-8-12-26(39-3)30(22)43-19-20-9-7-11-23(34)15-20/h7-18,29H,5-6,19H2,1-4H3/b28-17+/t29-/m0/s1. The number of halogens is 1. The van der Waals surface area contributed by atoms with E-state index in [9.17, 15) is 9.59 Å². The van der Waals surface area contributed by atoms with Gasteiger partial charge < -0.3 is 23.7 Å². The van der Waals surface area contributed by atoms with Gasteiger partial charge in [0.1, 0.15) is 6.61 Å². The van der Waals surface area contributed by atoms with Crippen molar-refractivity contribution in [3.8, 4) is 23.0 Å². The lowest BCUT2D eigenvalue weighted by Gasteiger charge is -2.23. The van der Waals surface area contributed by atoms with Gasteiger partial charge in [-0.2, -0.15) is 0 Å². The van der Waals surface area contributed by atoms with Gasteiger partial charge in [-0.15, -0.1) is 0 Å². The molecule has 44 heavy (non-hydrogen) atoms. The number of para-hydroxylation sites is 1. The zero-order valence-corrected chi connectivity index (χ0v) is 26.2. The molecule has 0 aliphatic carbocycles. The maximum atomic E-state index is 14.1. The fourth-order valence-electron chi connectivity index (χ4n) is 4.87. The van der Waals surface area contributed by atoms with Gasteiger partial charge in [0.2, 0.25) is 0 Å². The normalized spacial score (nSPS) is 14.2. The Morgan fingerprint density at radius 1 is 0.977 bits per heavy atom. The lowest BCUT2D eigenvalue weighted by Crippen LogP contribution is -2.39. The third kappa shape index (κ3) is 6.36. The molecule has 1 aliphatic heterocycles. The molecule has 0 saturated carbocycles. The topological polar surface area (TPSA) is 97.6 Å². The van der Waals surface area contributed by atoms with Crippen molar-refractivity contribution in [1.29, 1.82) is 0 Å². The molecule has 0 N–H and O–H groups in total. The Balaban J connectivity index is 1.62. The minimum Gasteiger partial charge on any atom is -0.493 e. The molecule has 0 saturated heterocycles. The second-order valence-corrected chi connectivity index (χ2v) is 11.0. The number of fused-ring (bicyclic) bond motifs is 1. The molecule has 0 fully saturated rings. The van der Waals surface area contributed by atoms with E-state index in [-0.39, 0.29) is 17.7 Å². The average molecular weight is 635 g/mol. The number of benzene rings is 3. The first kappa shape index (κ1) is 30.9. The highest BCUT2D eigenvalue weighted by Crippen LogP contribution is 2.35. The molecule has 4 aromatic rings. The number of carbonyl (C=O) groups excluding carboxylic acids is 1. The summed E-state index contributed by atoms with van der Waals surface area (Å²) in [6.45, 7) is 4.86. The highest BCUT2D eigenvalue weighted by atomic mass is 35.5. The highest BCUT2D eigenvalue weighted by molar-refractivity contribution is 7.07. The number of hydrogen-bond acceptors (Lipinski definition) is 9. The lowest BCUT2D eigenvalue weighted by atomic mass is 9.97. The van der Waals surface area contributed by atoms with Crippen molar-refractivity contribution < 1.29 is 28.5 Å². The van der Waals surface area contributed by atoms with Crippen molar-refractivity contribution >= 4 is 35.0 Å². The summed E-state index contributed by atoms with van der Waals surface area (Å²) < 4.78 is 30.3. The van der Waals surface area contributed by atoms with Gasteiger partial charge in [-0.25, -0.2) is 9.79 Å². The van der Waals surface area contributed by atoms with Crippen molar-refractivity contribution in [1.82, 2.24) is 4.57 Å². The van der Waals surface area contributed by atoms with Crippen LogP contribution in [0.2, 0.25) is 5.02 Å². The molecule has 5 rings (SSSR count). The molecule has 11 heteroatoms. The fourth-order valence-corrected chi connectivity index (χ4v) is 6.05. The van der Waals surface area contributed by atoms with E-state index in [1.54, 1.807) is 43.5 Å². The minimum atomic E-state index is -0.806. The van der Waals surface area contributed by atoms with Crippen LogP contribution < -0.4 is 33.8 Å². The van der Waals surface area contributed by atoms with Crippen molar-refractivity contribution in [3.05, 3.63) is 114 Å². The van der Waals surface area contributed by atoms with E-state index in [2.05, 4.69) is 4.99 Å². The maximum Gasteiger partial charge on any atom is 0.337 e. The van der Waals surface area contributed by atoms with E-state index in [1.165, 1.54) is 29.2 Å². The molecular formula is C33H31ClN2O7S. The van der Waals surface area contributed by atoms with Crippen molar-refractivity contribution in [3.63, 3.8) is 0 Å². The van der Waals surface area contributed by atoms with Crippen LogP contribution in [0.1, 0.15) is 36.6 Å². The van der Waals surface area contributed by atoms with Crippen molar-refractivity contribution in [2.24, 2.45) is 4.99 Å². The number of thiazole rings is 1. The van der Waals surface area contributed by atoms with Gasteiger partial charge >= 0.3 is 5.97 Å². The summed E-state index contributed by atoms with van der Waals surface area (Å²) in [5.41, 5.74) is 2.04. The van der Waals surface area contributed by atoms with Gasteiger partial charge in [-0.05, 0) is 61.4 Å². The monoisotopic (exact) mass is 634 g/mol. The molecule has 0 radical (unpaired) electrons. The van der Waals surface area contributed by atoms with Crippen LogP contribution in [0.15, 0.2) is 82.2 Å². The molecule has 228 valence electrons. The Kier molecular flexibility index (Phi) is 9.72. The number of ether oxygens (including phenoxy) is 5. The third-order valence-electron chi connectivity index (χ3n) is 6.80. The Hall–Kier alpha value is -4.54. The number of methoxy groups -OCH3 is 2. The van der Waals surface area contributed by atoms with Gasteiger partial charge in [0.05, 0.1) is 43.6 Å². The van der Waals surface area contributed by atoms with Gasteiger partial charge in [0.15, 0.2) is 27.8 Å². The molecule has 1 atom stereocenters. The number of rotatable bonds is 11. The zero-order valence-electron chi connectivity index (χ0n) is 24.7. The van der Waals surface area contributed by atoms with Crippen LogP contribution in [0.25, 0.3) is 6.08 Å². The van der Waals surface area contributed by atoms with E-state index < -0.39 is 12.0 Å². The first-order valence-corrected chi connectivity index (χ1v) is 15.1. The number of aromatic nitrogens is 1. The Bertz CT molecular complexity index is 1900. The van der Waals surface area contributed by atoms with Crippen molar-refractivity contribution in [2.75, 3.05) is 27.4 Å². The third-order valence-corrected chi connectivity index (χ3v) is 8.03. The first-order chi connectivity index (χ1) is 21.4. The molecule has 0 bridgehead atoms. The van der Waals surface area contributed by atoms with E-state index in [4.69, 9.17) is 35.3 Å². The SMILES string of the molecule is CCOc1ccc([C@H]2C(C(=O)OC)=CN=c3s/c(=C/c4cccc(OC)c4OCc4cccc(Cl)c4)c(=O)n32)cc1OCC. The van der Waals surface area contributed by atoms with E-state index in [0.717, 1.165) is 5.56 Å².